The molecule has 0 saturated carbocycles. The fourth-order valence-corrected chi connectivity index (χ4v) is 3.17. The zero-order valence-corrected chi connectivity index (χ0v) is 19.0. The summed E-state index contributed by atoms with van der Waals surface area (Å²) in [7, 11) is 7.75. The van der Waals surface area contributed by atoms with Crippen LogP contribution in [0.1, 0.15) is 34.5 Å². The number of aliphatic hydroxyl groups is 1. The van der Waals surface area contributed by atoms with Crippen molar-refractivity contribution in [2.75, 3.05) is 47.8 Å². The van der Waals surface area contributed by atoms with Gasteiger partial charge in [0.15, 0.2) is 5.69 Å². The van der Waals surface area contributed by atoms with Crippen molar-refractivity contribution < 1.29 is 9.90 Å². The molecule has 166 valence electrons. The lowest BCUT2D eigenvalue weighted by Gasteiger charge is -2.17. The van der Waals surface area contributed by atoms with Crippen molar-refractivity contribution in [1.82, 2.24) is 24.7 Å². The minimum Gasteiger partial charge on any atom is -0.393 e. The van der Waals surface area contributed by atoms with Crippen LogP contribution < -0.4 is 10.9 Å². The third kappa shape index (κ3) is 6.35. The number of likely N-dealkylation sites (N-methyl/N-ethyl adjacent to an activating group) is 1. The number of aromatic nitrogens is 2. The monoisotopic (exact) mass is 417 g/mol. The molecule has 8 nitrogen and oxygen atoms in total. The number of nitrogens with one attached hydrogen (secondary N) is 1. The summed E-state index contributed by atoms with van der Waals surface area (Å²) < 4.78 is 1.58. The Morgan fingerprint density at radius 2 is 1.73 bits per heavy atom. The number of carbonyl (C=O) groups excluding carboxylic acids is 1. The molecular weight excluding hydrogens is 382 g/mol. The third-order valence-electron chi connectivity index (χ3n) is 5.22. The summed E-state index contributed by atoms with van der Waals surface area (Å²) in [4.78, 5) is 34.1. The molecule has 2 N–H and O–H groups in total. The van der Waals surface area contributed by atoms with Gasteiger partial charge in [0.05, 0.1) is 17.1 Å². The Balaban J connectivity index is 2.37. The Hall–Kier alpha value is -2.29. The van der Waals surface area contributed by atoms with Gasteiger partial charge in [-0.05, 0) is 84.7 Å². The molecule has 1 heterocycles. The first kappa shape index (κ1) is 24.0. The number of aliphatic hydroxyl groups excluding tert-OH is 1. The van der Waals surface area contributed by atoms with Crippen LogP contribution in [0.15, 0.2) is 16.9 Å². The highest BCUT2D eigenvalue weighted by Gasteiger charge is 2.19. The summed E-state index contributed by atoms with van der Waals surface area (Å²) in [6.45, 7) is 6.16. The van der Waals surface area contributed by atoms with E-state index < -0.39 is 17.6 Å². The van der Waals surface area contributed by atoms with Crippen molar-refractivity contribution in [2.24, 2.45) is 0 Å². The molecule has 0 aliphatic carbocycles. The Kier molecular flexibility index (Phi) is 8.52. The van der Waals surface area contributed by atoms with Crippen molar-refractivity contribution >= 4 is 16.9 Å². The van der Waals surface area contributed by atoms with Crippen molar-refractivity contribution in [3.8, 4) is 0 Å². The van der Waals surface area contributed by atoms with Crippen LogP contribution in [0.25, 0.3) is 11.0 Å². The quantitative estimate of drug-likeness (QED) is 0.600. The van der Waals surface area contributed by atoms with Gasteiger partial charge in [0.25, 0.3) is 11.5 Å². The molecule has 1 amide bonds. The summed E-state index contributed by atoms with van der Waals surface area (Å²) in [5.41, 5.74) is 2.87. The van der Waals surface area contributed by atoms with Gasteiger partial charge in [-0.25, -0.2) is 4.98 Å². The van der Waals surface area contributed by atoms with Crippen LogP contribution in [0.4, 0.5) is 0 Å². The van der Waals surface area contributed by atoms with E-state index in [1.807, 2.05) is 64.0 Å². The molecule has 0 fully saturated rings. The predicted molar refractivity (Wildman–Crippen MR) is 120 cm³/mol. The Morgan fingerprint density at radius 1 is 1.10 bits per heavy atom. The summed E-state index contributed by atoms with van der Waals surface area (Å²) in [6, 6.07) is 3.83. The zero-order valence-electron chi connectivity index (χ0n) is 19.0. The summed E-state index contributed by atoms with van der Waals surface area (Å²) in [6.07, 6.45) is 0.536. The highest BCUT2D eigenvalue weighted by Crippen LogP contribution is 2.18. The van der Waals surface area contributed by atoms with E-state index in [1.165, 1.54) is 0 Å². The largest absolute Gasteiger partial charge is 0.393 e. The number of carbonyl (C=O) groups is 1. The Morgan fingerprint density at radius 3 is 2.37 bits per heavy atom. The van der Waals surface area contributed by atoms with Gasteiger partial charge in [0.1, 0.15) is 0 Å². The van der Waals surface area contributed by atoms with Crippen LogP contribution in [0.5, 0.6) is 0 Å². The molecule has 1 aromatic carbocycles. The standard InChI is InChI=1S/C22H35N5O3/c1-15-13-18-19(14-16(15)2)27(11-8-17(28)7-10-25(3)4)22(30)20(24-18)21(29)23-9-12-26(5)6/h13-14,17,28H,7-12H2,1-6H3,(H,23,29). The van der Waals surface area contributed by atoms with Crippen LogP contribution in [-0.2, 0) is 6.54 Å². The van der Waals surface area contributed by atoms with E-state index in [1.54, 1.807) is 4.57 Å². The average molecular weight is 418 g/mol. The number of aryl methyl sites for hydroxylation is 3. The number of rotatable bonds is 10. The van der Waals surface area contributed by atoms with Crippen molar-refractivity contribution in [3.63, 3.8) is 0 Å². The van der Waals surface area contributed by atoms with Crippen LogP contribution in [0.2, 0.25) is 0 Å². The van der Waals surface area contributed by atoms with E-state index in [2.05, 4.69) is 10.3 Å². The van der Waals surface area contributed by atoms with Gasteiger partial charge < -0.3 is 24.8 Å². The van der Waals surface area contributed by atoms with E-state index in [0.717, 1.165) is 17.7 Å². The van der Waals surface area contributed by atoms with E-state index in [4.69, 9.17) is 0 Å². The molecule has 0 aliphatic rings. The summed E-state index contributed by atoms with van der Waals surface area (Å²) >= 11 is 0. The Bertz CT molecular complexity index is 936. The molecule has 0 bridgehead atoms. The van der Waals surface area contributed by atoms with Crippen LogP contribution in [-0.4, -0.2) is 84.3 Å². The first-order valence-electron chi connectivity index (χ1n) is 10.4. The number of fused-ring (bicyclic) bond motifs is 1. The smallest absolute Gasteiger partial charge is 0.282 e. The average Bonchev–Trinajstić information content (AvgIpc) is 2.66. The number of benzene rings is 1. The maximum absolute atomic E-state index is 13.1. The lowest BCUT2D eigenvalue weighted by atomic mass is 10.1. The van der Waals surface area contributed by atoms with Gasteiger partial charge in [-0.15, -0.1) is 0 Å². The molecule has 2 rings (SSSR count). The van der Waals surface area contributed by atoms with Gasteiger partial charge in [-0.3, -0.25) is 9.59 Å². The second kappa shape index (κ2) is 10.7. The van der Waals surface area contributed by atoms with Crippen LogP contribution >= 0.6 is 0 Å². The van der Waals surface area contributed by atoms with Crippen LogP contribution in [0.3, 0.4) is 0 Å². The first-order chi connectivity index (χ1) is 14.1. The van der Waals surface area contributed by atoms with Gasteiger partial charge >= 0.3 is 0 Å². The Labute approximate surface area is 178 Å². The number of nitrogens with zero attached hydrogens (tertiary/aromatic N) is 4. The molecule has 0 aliphatic heterocycles. The van der Waals surface area contributed by atoms with E-state index in [0.29, 0.717) is 43.5 Å². The van der Waals surface area contributed by atoms with Gasteiger partial charge in [0, 0.05) is 19.6 Å². The summed E-state index contributed by atoms with van der Waals surface area (Å²) in [5.74, 6) is -0.469. The number of hydrogen-bond donors (Lipinski definition) is 2. The molecule has 0 spiro atoms. The minimum atomic E-state index is -0.522. The molecule has 8 heteroatoms. The predicted octanol–water partition coefficient (Wildman–Crippen LogP) is 1.01. The van der Waals surface area contributed by atoms with E-state index in [-0.39, 0.29) is 5.69 Å². The second-order valence-corrected chi connectivity index (χ2v) is 8.44. The molecule has 1 unspecified atom stereocenters. The SMILES string of the molecule is Cc1cc2nc(C(=O)NCCN(C)C)c(=O)n(CCC(O)CCN(C)C)c2cc1C. The maximum atomic E-state index is 13.1. The minimum absolute atomic E-state index is 0.104. The number of hydrogen-bond acceptors (Lipinski definition) is 6. The highest BCUT2D eigenvalue weighted by atomic mass is 16.3. The van der Waals surface area contributed by atoms with Gasteiger partial charge in [0.2, 0.25) is 0 Å². The van der Waals surface area contributed by atoms with Crippen molar-refractivity contribution in [3.05, 3.63) is 39.3 Å². The highest BCUT2D eigenvalue weighted by molar-refractivity contribution is 5.94. The molecule has 0 radical (unpaired) electrons. The normalized spacial score (nSPS) is 12.7. The zero-order chi connectivity index (χ0) is 22.4. The van der Waals surface area contributed by atoms with E-state index in [9.17, 15) is 14.7 Å². The van der Waals surface area contributed by atoms with Crippen LogP contribution in [0, 0.1) is 13.8 Å². The third-order valence-corrected chi connectivity index (χ3v) is 5.22. The fraction of sp³-hybridized carbons (Fsp3) is 0.591. The lowest BCUT2D eigenvalue weighted by molar-refractivity contribution is 0.0944. The fourth-order valence-electron chi connectivity index (χ4n) is 3.17. The van der Waals surface area contributed by atoms with Gasteiger partial charge in [-0.2, -0.15) is 0 Å². The van der Waals surface area contributed by atoms with Crippen molar-refractivity contribution in [2.45, 2.75) is 39.3 Å². The summed E-state index contributed by atoms with van der Waals surface area (Å²) in [5, 5.41) is 13.1. The lowest BCUT2D eigenvalue weighted by Crippen LogP contribution is -2.37. The first-order valence-corrected chi connectivity index (χ1v) is 10.4. The van der Waals surface area contributed by atoms with Crippen molar-refractivity contribution in [1.29, 1.82) is 0 Å². The topological polar surface area (TPSA) is 90.7 Å². The van der Waals surface area contributed by atoms with Gasteiger partial charge in [-0.1, -0.05) is 0 Å². The maximum Gasteiger partial charge on any atom is 0.282 e. The number of amides is 1. The molecule has 1 aromatic heterocycles. The molecule has 0 saturated heterocycles. The molecule has 1 atom stereocenters. The molecule has 30 heavy (non-hydrogen) atoms. The molecular formula is C22H35N5O3. The second-order valence-electron chi connectivity index (χ2n) is 8.44. The van der Waals surface area contributed by atoms with E-state index >= 15 is 0 Å². The molecule has 2 aromatic rings.